The maximum Gasteiger partial charge on any atom is 0.185 e. The fourth-order valence-electron chi connectivity index (χ4n) is 3.93. The van der Waals surface area contributed by atoms with Crippen LogP contribution in [0.5, 0.6) is 0 Å². The zero-order chi connectivity index (χ0) is 22.1. The Morgan fingerprint density at radius 2 is 1.47 bits per heavy atom. The van der Waals surface area contributed by atoms with Crippen molar-refractivity contribution in [2.24, 2.45) is 0 Å². The standard InChI is InChI=1S/C29H38O/c1-20(18-27(30)22-12-14-24(15-13-22)28(2,3)4)8-9-23-19-25(29(5,6)7)16-17-26(23)21-10-11-21/h12-19,21H,8-11H2,1-7H3/b20-18+. The molecular formula is C29H38O. The Morgan fingerprint density at radius 1 is 0.900 bits per heavy atom. The maximum absolute atomic E-state index is 12.7. The van der Waals surface area contributed by atoms with Crippen LogP contribution in [0.3, 0.4) is 0 Å². The van der Waals surface area contributed by atoms with Gasteiger partial charge in [0.15, 0.2) is 5.78 Å². The molecule has 0 saturated heterocycles. The lowest BCUT2D eigenvalue weighted by atomic mass is 9.83. The predicted molar refractivity (Wildman–Crippen MR) is 129 cm³/mol. The van der Waals surface area contributed by atoms with Crippen molar-refractivity contribution in [2.45, 2.75) is 90.9 Å². The zero-order valence-electron chi connectivity index (χ0n) is 19.9. The van der Waals surface area contributed by atoms with Gasteiger partial charge in [-0.15, -0.1) is 0 Å². The van der Waals surface area contributed by atoms with Crippen LogP contribution in [0.25, 0.3) is 0 Å². The van der Waals surface area contributed by atoms with Crippen LogP contribution >= 0.6 is 0 Å². The summed E-state index contributed by atoms with van der Waals surface area (Å²) in [5.41, 5.74) is 7.85. The van der Waals surface area contributed by atoms with Crippen molar-refractivity contribution in [2.75, 3.05) is 0 Å². The van der Waals surface area contributed by atoms with Crippen LogP contribution in [0.2, 0.25) is 0 Å². The Bertz CT molecular complexity index is 926. The van der Waals surface area contributed by atoms with Crippen molar-refractivity contribution >= 4 is 5.78 Å². The van der Waals surface area contributed by atoms with Gasteiger partial charge in [-0.1, -0.05) is 89.6 Å². The molecule has 0 radical (unpaired) electrons. The minimum atomic E-state index is 0.105. The Hall–Kier alpha value is -2.15. The van der Waals surface area contributed by atoms with E-state index in [4.69, 9.17) is 0 Å². The minimum absolute atomic E-state index is 0.105. The van der Waals surface area contributed by atoms with E-state index in [1.54, 1.807) is 0 Å². The summed E-state index contributed by atoms with van der Waals surface area (Å²) in [5.74, 6) is 0.861. The summed E-state index contributed by atoms with van der Waals surface area (Å²) in [7, 11) is 0. The molecule has 0 heterocycles. The average Bonchev–Trinajstić information content (AvgIpc) is 3.50. The van der Waals surface area contributed by atoms with E-state index in [0.717, 1.165) is 29.9 Å². The normalized spacial score (nSPS) is 15.4. The Kier molecular flexibility index (Phi) is 6.41. The van der Waals surface area contributed by atoms with Gasteiger partial charge >= 0.3 is 0 Å². The highest BCUT2D eigenvalue weighted by atomic mass is 16.1. The number of hydrogen-bond acceptors (Lipinski definition) is 1. The molecular weight excluding hydrogens is 364 g/mol. The molecule has 2 aromatic carbocycles. The summed E-state index contributed by atoms with van der Waals surface area (Å²) in [4.78, 5) is 12.7. The van der Waals surface area contributed by atoms with Gasteiger partial charge in [0.2, 0.25) is 0 Å². The molecule has 30 heavy (non-hydrogen) atoms. The fourth-order valence-corrected chi connectivity index (χ4v) is 3.93. The lowest BCUT2D eigenvalue weighted by Gasteiger charge is -2.21. The maximum atomic E-state index is 12.7. The Balaban J connectivity index is 1.71. The van der Waals surface area contributed by atoms with E-state index in [-0.39, 0.29) is 16.6 Å². The Labute approximate surface area is 183 Å². The number of hydrogen-bond donors (Lipinski definition) is 0. The number of carbonyl (C=O) groups excluding carboxylic acids is 1. The van der Waals surface area contributed by atoms with Gasteiger partial charge < -0.3 is 0 Å². The van der Waals surface area contributed by atoms with Crippen LogP contribution in [-0.2, 0) is 17.3 Å². The molecule has 0 aromatic heterocycles. The molecule has 1 saturated carbocycles. The van der Waals surface area contributed by atoms with Gasteiger partial charge in [-0.05, 0) is 77.7 Å². The van der Waals surface area contributed by atoms with Crippen molar-refractivity contribution in [3.8, 4) is 0 Å². The summed E-state index contributed by atoms with van der Waals surface area (Å²) in [6.45, 7) is 15.5. The summed E-state index contributed by atoms with van der Waals surface area (Å²) >= 11 is 0. The first-order valence-electron chi connectivity index (χ1n) is 11.4. The summed E-state index contributed by atoms with van der Waals surface area (Å²) in [6.07, 6.45) is 6.41. The van der Waals surface area contributed by atoms with Gasteiger partial charge in [0.25, 0.3) is 0 Å². The number of allylic oxidation sites excluding steroid dienone is 2. The molecule has 2 aromatic rings. The molecule has 0 spiro atoms. The van der Waals surface area contributed by atoms with E-state index in [2.05, 4.69) is 78.8 Å². The molecule has 1 aliphatic rings. The third-order valence-electron chi connectivity index (χ3n) is 6.23. The molecule has 0 aliphatic heterocycles. The van der Waals surface area contributed by atoms with Gasteiger partial charge in [0, 0.05) is 5.56 Å². The highest BCUT2D eigenvalue weighted by molar-refractivity contribution is 6.04. The molecule has 0 amide bonds. The number of ketones is 1. The second kappa shape index (κ2) is 8.53. The first kappa shape index (κ1) is 22.5. The topological polar surface area (TPSA) is 17.1 Å². The van der Waals surface area contributed by atoms with Crippen molar-refractivity contribution in [3.63, 3.8) is 0 Å². The third kappa shape index (κ3) is 5.72. The largest absolute Gasteiger partial charge is 0.289 e. The van der Waals surface area contributed by atoms with Crippen molar-refractivity contribution < 1.29 is 4.79 Å². The highest BCUT2D eigenvalue weighted by Gasteiger charge is 2.27. The summed E-state index contributed by atoms with van der Waals surface area (Å²) in [6, 6.07) is 15.2. The molecule has 160 valence electrons. The molecule has 1 heteroatoms. The first-order valence-corrected chi connectivity index (χ1v) is 11.4. The van der Waals surface area contributed by atoms with E-state index < -0.39 is 0 Å². The molecule has 1 fully saturated rings. The highest BCUT2D eigenvalue weighted by Crippen LogP contribution is 2.43. The molecule has 3 rings (SSSR count). The third-order valence-corrected chi connectivity index (χ3v) is 6.23. The van der Waals surface area contributed by atoms with E-state index in [1.165, 1.54) is 35.1 Å². The second-order valence-electron chi connectivity index (χ2n) is 11.1. The van der Waals surface area contributed by atoms with Gasteiger partial charge in [-0.2, -0.15) is 0 Å². The number of aryl methyl sites for hydroxylation is 1. The van der Waals surface area contributed by atoms with Crippen molar-refractivity contribution in [1.29, 1.82) is 0 Å². The van der Waals surface area contributed by atoms with E-state index in [1.807, 2.05) is 18.2 Å². The van der Waals surface area contributed by atoms with E-state index in [0.29, 0.717) is 0 Å². The Morgan fingerprint density at radius 3 is 2.00 bits per heavy atom. The second-order valence-corrected chi connectivity index (χ2v) is 11.1. The van der Waals surface area contributed by atoms with Crippen molar-refractivity contribution in [1.82, 2.24) is 0 Å². The monoisotopic (exact) mass is 402 g/mol. The zero-order valence-corrected chi connectivity index (χ0v) is 19.9. The summed E-state index contributed by atoms with van der Waals surface area (Å²) < 4.78 is 0. The lowest BCUT2D eigenvalue weighted by molar-refractivity contribution is 0.104. The molecule has 0 unspecified atom stereocenters. The molecule has 0 bridgehead atoms. The van der Waals surface area contributed by atoms with Gasteiger partial charge in [0.1, 0.15) is 0 Å². The molecule has 0 N–H and O–H groups in total. The predicted octanol–water partition coefficient (Wildman–Crippen LogP) is 7.92. The van der Waals surface area contributed by atoms with Crippen molar-refractivity contribution in [3.05, 3.63) is 81.9 Å². The molecule has 1 nitrogen and oxygen atoms in total. The number of rotatable bonds is 6. The van der Waals surface area contributed by atoms with E-state index >= 15 is 0 Å². The van der Waals surface area contributed by atoms with Gasteiger partial charge in [0.05, 0.1) is 0 Å². The fraction of sp³-hybridized carbons (Fsp3) is 0.483. The quantitative estimate of drug-likeness (QED) is 0.354. The van der Waals surface area contributed by atoms with Crippen LogP contribution in [0.4, 0.5) is 0 Å². The lowest BCUT2D eigenvalue weighted by Crippen LogP contribution is -2.12. The number of carbonyl (C=O) groups is 1. The van der Waals surface area contributed by atoms with Crippen LogP contribution in [-0.4, -0.2) is 5.78 Å². The number of benzene rings is 2. The average molecular weight is 403 g/mol. The van der Waals surface area contributed by atoms with Gasteiger partial charge in [-0.25, -0.2) is 0 Å². The molecule has 1 aliphatic carbocycles. The van der Waals surface area contributed by atoms with Crippen LogP contribution < -0.4 is 0 Å². The minimum Gasteiger partial charge on any atom is -0.289 e. The summed E-state index contributed by atoms with van der Waals surface area (Å²) in [5, 5.41) is 0. The smallest absolute Gasteiger partial charge is 0.185 e. The van der Waals surface area contributed by atoms with Gasteiger partial charge in [-0.3, -0.25) is 4.79 Å². The van der Waals surface area contributed by atoms with Crippen LogP contribution in [0.1, 0.15) is 106 Å². The molecule has 0 atom stereocenters. The first-order chi connectivity index (χ1) is 13.9. The van der Waals surface area contributed by atoms with E-state index in [9.17, 15) is 4.79 Å². The SMILES string of the molecule is C/C(=C\C(=O)c1ccc(C(C)(C)C)cc1)CCc1cc(C(C)(C)C)ccc1C1CC1. The van der Waals surface area contributed by atoms with Crippen LogP contribution in [0.15, 0.2) is 54.1 Å². The van der Waals surface area contributed by atoms with Crippen LogP contribution in [0, 0.1) is 0 Å².